The molecular formula is C11H18ClN2O2S2-. The number of rotatable bonds is 9. The molecule has 0 saturated heterocycles. The van der Waals surface area contributed by atoms with Crippen molar-refractivity contribution in [3.8, 4) is 0 Å². The quantitative estimate of drug-likeness (QED) is 0.402. The Morgan fingerprint density at radius 2 is 2.22 bits per heavy atom. The number of thioether (sulfide) groups is 1. The molecule has 0 aromatic rings. The molecule has 0 bridgehead atoms. The maximum absolute atomic E-state index is 10.7. The lowest BCUT2D eigenvalue weighted by Crippen LogP contribution is -2.05. The minimum atomic E-state index is -2.48. The second-order valence-electron chi connectivity index (χ2n) is 3.55. The van der Waals surface area contributed by atoms with Crippen molar-refractivity contribution in [2.75, 3.05) is 0 Å². The van der Waals surface area contributed by atoms with Crippen LogP contribution in [-0.4, -0.2) is 14.5 Å². The van der Waals surface area contributed by atoms with E-state index in [4.69, 9.17) is 17.3 Å². The summed E-state index contributed by atoms with van der Waals surface area (Å²) in [5.41, 5.74) is 5.90. The minimum absolute atomic E-state index is 0.324. The molecule has 0 saturated carbocycles. The van der Waals surface area contributed by atoms with Crippen LogP contribution in [-0.2, 0) is 11.3 Å². The number of nitrogens with zero attached hydrogens (tertiary/aromatic N) is 1. The van der Waals surface area contributed by atoms with Gasteiger partial charge in [-0.1, -0.05) is 56.1 Å². The molecule has 1 unspecified atom stereocenters. The molecule has 1 atom stereocenters. The Morgan fingerprint density at radius 1 is 1.56 bits per heavy atom. The van der Waals surface area contributed by atoms with Gasteiger partial charge in [0.2, 0.25) is 0 Å². The monoisotopic (exact) mass is 309 g/mol. The Kier molecular flexibility index (Phi) is 10.4. The molecule has 0 heterocycles. The molecular weight excluding hydrogens is 292 g/mol. The molecule has 0 fully saturated rings. The molecule has 0 aromatic carbocycles. The summed E-state index contributed by atoms with van der Waals surface area (Å²) in [5.74, 6) is 0. The highest BCUT2D eigenvalue weighted by molar-refractivity contribution is 8.09. The molecule has 18 heavy (non-hydrogen) atoms. The third kappa shape index (κ3) is 8.74. The van der Waals surface area contributed by atoms with Crippen LogP contribution in [0.3, 0.4) is 0 Å². The van der Waals surface area contributed by atoms with E-state index in [0.717, 1.165) is 37.4 Å². The summed E-state index contributed by atoms with van der Waals surface area (Å²) in [6, 6.07) is 0. The first-order chi connectivity index (χ1) is 8.51. The maximum Gasteiger partial charge on any atom is 0.0711 e. The molecule has 4 nitrogen and oxygen atoms in total. The maximum atomic E-state index is 10.7. The van der Waals surface area contributed by atoms with Gasteiger partial charge in [-0.15, -0.1) is 0 Å². The van der Waals surface area contributed by atoms with E-state index in [1.54, 1.807) is 0 Å². The van der Waals surface area contributed by atoms with E-state index in [-0.39, 0.29) is 0 Å². The molecule has 0 aliphatic carbocycles. The summed E-state index contributed by atoms with van der Waals surface area (Å²) < 4.78 is 25.3. The fourth-order valence-corrected chi connectivity index (χ4v) is 2.58. The molecule has 0 spiro atoms. The first-order valence-corrected chi connectivity index (χ1v) is 7.85. The molecule has 0 amide bonds. The average molecular weight is 310 g/mol. The van der Waals surface area contributed by atoms with Gasteiger partial charge in [-0.2, -0.15) is 0 Å². The smallest absolute Gasteiger partial charge is 0.0711 e. The third-order valence-corrected chi connectivity index (χ3v) is 3.52. The van der Waals surface area contributed by atoms with Crippen LogP contribution in [0, 0.1) is 0 Å². The van der Waals surface area contributed by atoms with Crippen LogP contribution >= 0.6 is 23.4 Å². The normalized spacial score (nSPS) is 14.6. The summed E-state index contributed by atoms with van der Waals surface area (Å²) in [5, 5.41) is 0. The third-order valence-electron chi connectivity index (χ3n) is 2.11. The van der Waals surface area contributed by atoms with Crippen molar-refractivity contribution in [3.05, 3.63) is 22.0 Å². The molecule has 0 radical (unpaired) electrons. The number of halogens is 1. The van der Waals surface area contributed by atoms with Gasteiger partial charge < -0.3 is 10.3 Å². The van der Waals surface area contributed by atoms with E-state index in [1.165, 1.54) is 6.20 Å². The van der Waals surface area contributed by atoms with E-state index in [1.807, 2.05) is 0 Å². The Bertz CT molecular complexity index is 357. The van der Waals surface area contributed by atoms with Gasteiger partial charge in [0.05, 0.1) is 26.2 Å². The summed E-state index contributed by atoms with van der Waals surface area (Å²) in [7, 11) is 0. The standard InChI is InChI=1S/C11H19ClN2O2S2/c1-3-4-5-6-7-10(14-18(15)16)11(8-13)17-9(2)12/h8H,2-7,13H2,1H3,(H,15,16)/p-1/b11-8-,14-10?. The molecule has 2 N–H and O–H groups in total. The van der Waals surface area contributed by atoms with Crippen LogP contribution in [0.25, 0.3) is 0 Å². The number of nitrogens with two attached hydrogens (primary N) is 1. The zero-order valence-electron chi connectivity index (χ0n) is 10.4. The van der Waals surface area contributed by atoms with Crippen molar-refractivity contribution >= 4 is 40.3 Å². The number of hydrogen-bond donors (Lipinski definition) is 1. The fraction of sp³-hybridized carbons (Fsp3) is 0.545. The van der Waals surface area contributed by atoms with Gasteiger partial charge in [-0.05, 0) is 12.8 Å². The Hall–Kier alpha value is -0.300. The van der Waals surface area contributed by atoms with Crippen LogP contribution in [0.15, 0.2) is 26.4 Å². The molecule has 0 aromatic heterocycles. The van der Waals surface area contributed by atoms with Crippen LogP contribution in [0.2, 0.25) is 0 Å². The average Bonchev–Trinajstić information content (AvgIpc) is 2.29. The second kappa shape index (κ2) is 10.6. The Balaban J connectivity index is 4.66. The van der Waals surface area contributed by atoms with Crippen molar-refractivity contribution in [3.63, 3.8) is 0 Å². The van der Waals surface area contributed by atoms with Crippen molar-refractivity contribution < 1.29 is 8.76 Å². The first-order valence-electron chi connectivity index (χ1n) is 5.62. The Morgan fingerprint density at radius 3 is 2.67 bits per heavy atom. The summed E-state index contributed by atoms with van der Waals surface area (Å²) in [6.45, 7) is 5.65. The summed E-state index contributed by atoms with van der Waals surface area (Å²) in [6.07, 6.45) is 6.01. The topological polar surface area (TPSA) is 78.5 Å². The molecule has 0 aliphatic heterocycles. The largest absolute Gasteiger partial charge is 0.754 e. The van der Waals surface area contributed by atoms with Gasteiger partial charge in [-0.25, -0.2) is 4.40 Å². The zero-order valence-corrected chi connectivity index (χ0v) is 12.7. The molecule has 0 rings (SSSR count). The van der Waals surface area contributed by atoms with Crippen LogP contribution in [0.5, 0.6) is 0 Å². The van der Waals surface area contributed by atoms with E-state index < -0.39 is 11.3 Å². The lowest BCUT2D eigenvalue weighted by Gasteiger charge is -2.10. The number of hydrogen-bond acceptors (Lipinski definition) is 4. The van der Waals surface area contributed by atoms with Crippen LogP contribution in [0.4, 0.5) is 0 Å². The van der Waals surface area contributed by atoms with E-state index in [9.17, 15) is 8.76 Å². The predicted molar refractivity (Wildman–Crippen MR) is 80.0 cm³/mol. The lowest BCUT2D eigenvalue weighted by molar-refractivity contribution is 0.539. The highest BCUT2D eigenvalue weighted by atomic mass is 35.5. The molecule has 7 heteroatoms. The SMILES string of the molecule is C=C(Cl)S/C(=C\N)C(CCCCCC)=NS(=O)[O-]. The van der Waals surface area contributed by atoms with Gasteiger partial charge in [0.25, 0.3) is 0 Å². The first kappa shape index (κ1) is 17.7. The second-order valence-corrected chi connectivity index (χ2v) is 5.99. The minimum Gasteiger partial charge on any atom is -0.754 e. The lowest BCUT2D eigenvalue weighted by atomic mass is 10.1. The van der Waals surface area contributed by atoms with Gasteiger partial charge in [0.15, 0.2) is 0 Å². The van der Waals surface area contributed by atoms with E-state index in [2.05, 4.69) is 17.9 Å². The van der Waals surface area contributed by atoms with Crippen LogP contribution < -0.4 is 5.73 Å². The number of allylic oxidation sites excluding steroid dienone is 1. The van der Waals surface area contributed by atoms with Gasteiger partial charge in [0.1, 0.15) is 0 Å². The fourth-order valence-electron chi connectivity index (χ4n) is 1.33. The zero-order chi connectivity index (χ0) is 14.0. The van der Waals surface area contributed by atoms with Crippen LogP contribution in [0.1, 0.15) is 39.0 Å². The van der Waals surface area contributed by atoms with Crippen molar-refractivity contribution in [2.45, 2.75) is 39.0 Å². The summed E-state index contributed by atoms with van der Waals surface area (Å²) >= 11 is 4.31. The number of unbranched alkanes of at least 4 members (excludes halogenated alkanes) is 3. The van der Waals surface area contributed by atoms with Crippen molar-refractivity contribution in [2.24, 2.45) is 10.1 Å². The highest BCUT2D eigenvalue weighted by Gasteiger charge is 2.09. The van der Waals surface area contributed by atoms with Crippen molar-refractivity contribution in [1.29, 1.82) is 0 Å². The highest BCUT2D eigenvalue weighted by Crippen LogP contribution is 2.29. The van der Waals surface area contributed by atoms with Gasteiger partial charge in [0, 0.05) is 6.20 Å². The summed E-state index contributed by atoms with van der Waals surface area (Å²) in [4.78, 5) is 0.538. The molecule has 104 valence electrons. The predicted octanol–water partition coefficient (Wildman–Crippen LogP) is 3.44. The van der Waals surface area contributed by atoms with E-state index in [0.29, 0.717) is 21.4 Å². The van der Waals surface area contributed by atoms with Gasteiger partial charge in [-0.3, -0.25) is 4.21 Å². The Labute approximate surface area is 120 Å². The van der Waals surface area contributed by atoms with E-state index >= 15 is 0 Å². The van der Waals surface area contributed by atoms with Gasteiger partial charge >= 0.3 is 0 Å². The molecule has 0 aliphatic rings. The van der Waals surface area contributed by atoms with Crippen molar-refractivity contribution in [1.82, 2.24) is 0 Å².